The van der Waals surface area contributed by atoms with Crippen LogP contribution in [0.15, 0.2) is 78.2 Å². The molecule has 248 valence electrons. The van der Waals surface area contributed by atoms with Crippen LogP contribution in [0.1, 0.15) is 37.9 Å². The van der Waals surface area contributed by atoms with Gasteiger partial charge in [0.25, 0.3) is 5.56 Å². The molecule has 1 amide bonds. The number of carboxylic acids is 1. The number of carbonyl (C=O) groups is 2. The number of tetrazole rings is 1. The summed E-state index contributed by atoms with van der Waals surface area (Å²) in [4.78, 5) is 44.6. The second-order valence-corrected chi connectivity index (χ2v) is 11.2. The maximum atomic E-state index is 14.3. The van der Waals surface area contributed by atoms with Crippen molar-refractivity contribution in [2.45, 2.75) is 38.4 Å². The molecule has 0 spiro atoms. The topological polar surface area (TPSA) is 158 Å². The maximum absolute atomic E-state index is 14.3. The van der Waals surface area contributed by atoms with Crippen molar-refractivity contribution in [2.75, 3.05) is 5.32 Å². The van der Waals surface area contributed by atoms with E-state index in [9.17, 15) is 27.2 Å². The van der Waals surface area contributed by atoms with Crippen LogP contribution < -0.4 is 10.9 Å². The van der Waals surface area contributed by atoms with E-state index in [-0.39, 0.29) is 17.4 Å². The second-order valence-electron chi connectivity index (χ2n) is 10.7. The molecule has 12 nitrogen and oxygen atoms in total. The number of amides is 1. The van der Waals surface area contributed by atoms with Gasteiger partial charge in [0.15, 0.2) is 0 Å². The average Bonchev–Trinajstić information content (AvgIpc) is 3.58. The lowest BCUT2D eigenvalue weighted by Gasteiger charge is -2.23. The van der Waals surface area contributed by atoms with E-state index in [1.807, 2.05) is 13.0 Å². The first kappa shape index (κ1) is 33.8. The molecule has 2 atom stereocenters. The molecule has 3 aromatic heterocycles. The summed E-state index contributed by atoms with van der Waals surface area (Å²) < 4.78 is 49.1. The van der Waals surface area contributed by atoms with Gasteiger partial charge in [-0.3, -0.25) is 19.1 Å². The van der Waals surface area contributed by atoms with Gasteiger partial charge in [-0.25, -0.2) is 14.2 Å². The van der Waals surface area contributed by atoms with Crippen LogP contribution in [0.4, 0.5) is 23.2 Å². The Bertz CT molecular complexity index is 2020. The van der Waals surface area contributed by atoms with Crippen molar-refractivity contribution < 1.29 is 32.3 Å². The zero-order valence-corrected chi connectivity index (χ0v) is 25.7. The Kier molecular flexibility index (Phi) is 9.93. The van der Waals surface area contributed by atoms with Crippen LogP contribution in [0.5, 0.6) is 0 Å². The van der Waals surface area contributed by atoms with Crippen molar-refractivity contribution in [3.63, 3.8) is 0 Å². The summed E-state index contributed by atoms with van der Waals surface area (Å²) in [6, 6.07) is 14.0. The molecule has 0 saturated heterocycles. The Hall–Kier alpha value is -5.51. The lowest BCUT2D eigenvalue weighted by molar-refractivity contribution is -0.192. The minimum Gasteiger partial charge on any atom is -0.475 e. The number of alkyl halides is 3. The van der Waals surface area contributed by atoms with E-state index < -0.39 is 24.0 Å². The van der Waals surface area contributed by atoms with Crippen molar-refractivity contribution in [1.29, 1.82) is 0 Å². The Morgan fingerprint density at radius 3 is 2.46 bits per heavy atom. The van der Waals surface area contributed by atoms with Gasteiger partial charge in [-0.1, -0.05) is 24.9 Å². The third-order valence-electron chi connectivity index (χ3n) is 7.48. The standard InChI is InChI=1S/C29H24ClFN8O2.C2HF3O2/c1-17-3-2-4-27(25-11-18(9-10-32-25)21-13-20(31)6-7-23(21)35-29(17)41)38-15-33-24(14-28(38)40)22-12-19(30)5-8-26(22)39-16-34-36-37-39;3-2(4,5)1(6)7/h5-17,27H,2-4H2,1H3,(H,35,41);(H,6,7)/t17-,27+;/m1./s1. The van der Waals surface area contributed by atoms with Crippen molar-refractivity contribution in [3.05, 3.63) is 100 Å². The van der Waals surface area contributed by atoms with E-state index in [0.717, 1.165) is 0 Å². The van der Waals surface area contributed by atoms with E-state index >= 15 is 0 Å². The summed E-state index contributed by atoms with van der Waals surface area (Å²) in [6.45, 7) is 1.85. The fraction of sp³-hybridized carbons (Fsp3) is 0.226. The molecule has 2 N–H and O–H groups in total. The van der Waals surface area contributed by atoms with Crippen LogP contribution in [-0.2, 0) is 9.59 Å². The molecular weight excluding hydrogens is 660 g/mol. The Labute approximate surface area is 274 Å². The molecule has 5 aromatic rings. The number of fused-ring (bicyclic) bond motifs is 4. The number of aliphatic carboxylic acids is 1. The Balaban J connectivity index is 0.000000582. The first-order chi connectivity index (χ1) is 22.8. The summed E-state index contributed by atoms with van der Waals surface area (Å²) in [5.74, 6) is -3.62. The Morgan fingerprint density at radius 1 is 1.00 bits per heavy atom. The summed E-state index contributed by atoms with van der Waals surface area (Å²) in [5.41, 5.74) is 3.67. The van der Waals surface area contributed by atoms with Crippen LogP contribution in [0.25, 0.3) is 28.1 Å². The number of benzene rings is 2. The van der Waals surface area contributed by atoms with Crippen LogP contribution in [-0.4, -0.2) is 57.9 Å². The first-order valence-electron chi connectivity index (χ1n) is 14.3. The van der Waals surface area contributed by atoms with Crippen molar-refractivity contribution >= 4 is 29.2 Å². The van der Waals surface area contributed by atoms with Crippen LogP contribution in [0.2, 0.25) is 5.02 Å². The molecular formula is C31H25ClF4N8O4. The summed E-state index contributed by atoms with van der Waals surface area (Å²) in [7, 11) is 0. The molecule has 0 fully saturated rings. The van der Waals surface area contributed by atoms with E-state index in [1.54, 1.807) is 41.1 Å². The SMILES string of the molecule is C[C@@H]1CCC[C@H](n2cnc(-c3cc(Cl)ccc3-n3cnnn3)cc2=O)c2cc(ccn2)-c2cc(F)ccc2NC1=O.O=C(O)C(F)(F)F. The van der Waals surface area contributed by atoms with Gasteiger partial charge >= 0.3 is 12.1 Å². The minimum atomic E-state index is -5.08. The molecule has 2 aromatic carbocycles. The van der Waals surface area contributed by atoms with Gasteiger partial charge in [-0.2, -0.15) is 17.9 Å². The zero-order valence-electron chi connectivity index (χ0n) is 24.9. The quantitative estimate of drug-likeness (QED) is 0.227. The van der Waals surface area contributed by atoms with Gasteiger partial charge in [0.2, 0.25) is 5.91 Å². The van der Waals surface area contributed by atoms with Gasteiger partial charge in [-0.15, -0.1) is 5.10 Å². The van der Waals surface area contributed by atoms with Crippen LogP contribution in [0, 0.1) is 11.7 Å². The summed E-state index contributed by atoms with van der Waals surface area (Å²) >= 11 is 6.28. The van der Waals surface area contributed by atoms with E-state index in [2.05, 4.69) is 30.8 Å². The second kappa shape index (κ2) is 14.1. The number of hydrogen-bond acceptors (Lipinski definition) is 8. The van der Waals surface area contributed by atoms with E-state index in [1.165, 1.54) is 35.5 Å². The van der Waals surface area contributed by atoms with Gasteiger partial charge in [0, 0.05) is 40.0 Å². The average molecular weight is 685 g/mol. The summed E-state index contributed by atoms with van der Waals surface area (Å²) in [5, 5.41) is 21.9. The molecule has 48 heavy (non-hydrogen) atoms. The third-order valence-corrected chi connectivity index (χ3v) is 7.71. The first-order valence-corrected chi connectivity index (χ1v) is 14.7. The molecule has 0 aliphatic carbocycles. The van der Waals surface area contributed by atoms with Crippen molar-refractivity contribution in [1.82, 2.24) is 34.7 Å². The number of anilines is 1. The highest BCUT2D eigenvalue weighted by molar-refractivity contribution is 6.31. The normalized spacial score (nSPS) is 16.3. The number of carbonyl (C=O) groups excluding carboxylic acids is 1. The highest BCUT2D eigenvalue weighted by Gasteiger charge is 2.38. The molecule has 6 rings (SSSR count). The predicted molar refractivity (Wildman–Crippen MR) is 165 cm³/mol. The number of hydrogen-bond donors (Lipinski definition) is 2. The highest BCUT2D eigenvalue weighted by Crippen LogP contribution is 2.34. The van der Waals surface area contributed by atoms with E-state index in [4.69, 9.17) is 21.5 Å². The molecule has 0 saturated carbocycles. The molecule has 1 aliphatic rings. The number of aromatic nitrogens is 7. The smallest absolute Gasteiger partial charge is 0.475 e. The van der Waals surface area contributed by atoms with Gasteiger partial charge in [0.1, 0.15) is 12.1 Å². The molecule has 17 heteroatoms. The molecule has 2 bridgehead atoms. The lowest BCUT2D eigenvalue weighted by atomic mass is 9.95. The monoisotopic (exact) mass is 684 g/mol. The van der Waals surface area contributed by atoms with Crippen LogP contribution >= 0.6 is 11.6 Å². The fourth-order valence-corrected chi connectivity index (χ4v) is 5.24. The highest BCUT2D eigenvalue weighted by atomic mass is 35.5. The molecule has 1 aliphatic heterocycles. The minimum absolute atomic E-state index is 0.146. The number of rotatable bonds is 3. The van der Waals surface area contributed by atoms with Gasteiger partial charge in [0.05, 0.1) is 29.4 Å². The number of halogens is 5. The van der Waals surface area contributed by atoms with Crippen LogP contribution in [0.3, 0.4) is 0 Å². The predicted octanol–water partition coefficient (Wildman–Crippen LogP) is 5.72. The summed E-state index contributed by atoms with van der Waals surface area (Å²) in [6.07, 6.45) is 1.28. The third kappa shape index (κ3) is 7.71. The van der Waals surface area contributed by atoms with Gasteiger partial charge in [-0.05, 0) is 77.4 Å². The largest absolute Gasteiger partial charge is 0.490 e. The van der Waals surface area contributed by atoms with Crippen molar-refractivity contribution in [3.8, 4) is 28.1 Å². The molecule has 0 unspecified atom stereocenters. The maximum Gasteiger partial charge on any atom is 0.490 e. The number of nitrogens with one attached hydrogen (secondary N) is 1. The van der Waals surface area contributed by atoms with Crippen molar-refractivity contribution in [2.24, 2.45) is 5.92 Å². The molecule has 0 radical (unpaired) electrons. The van der Waals surface area contributed by atoms with Gasteiger partial charge < -0.3 is 10.4 Å². The number of carboxylic acid groups (broad SMARTS) is 1. The number of pyridine rings is 1. The lowest BCUT2D eigenvalue weighted by Crippen LogP contribution is -2.27. The zero-order chi connectivity index (χ0) is 34.6. The molecule has 4 heterocycles. The fourth-order valence-electron chi connectivity index (χ4n) is 5.07. The van der Waals surface area contributed by atoms with E-state index in [0.29, 0.717) is 63.7 Å². The number of nitrogens with zero attached hydrogens (tertiary/aromatic N) is 7. The Morgan fingerprint density at radius 2 is 1.77 bits per heavy atom.